The monoisotopic (exact) mass is 521 g/mol. The van der Waals surface area contributed by atoms with Crippen LogP contribution in [0.3, 0.4) is 0 Å². The second-order valence-electron chi connectivity index (χ2n) is 12.8. The van der Waals surface area contributed by atoms with E-state index in [9.17, 15) is 0 Å². The molecule has 0 heterocycles. The van der Waals surface area contributed by atoms with E-state index in [0.717, 1.165) is 5.92 Å². The van der Waals surface area contributed by atoms with Crippen LogP contribution in [0, 0.1) is 5.92 Å². The van der Waals surface area contributed by atoms with Crippen molar-refractivity contribution >= 4 is 0 Å². The van der Waals surface area contributed by atoms with Gasteiger partial charge in [-0.05, 0) is 5.92 Å². The lowest BCUT2D eigenvalue weighted by atomic mass is 9.90. The van der Waals surface area contributed by atoms with Crippen molar-refractivity contribution in [2.45, 2.75) is 233 Å². The Morgan fingerprint density at radius 2 is 0.432 bits per heavy atom. The summed E-state index contributed by atoms with van der Waals surface area (Å²) >= 11 is 0. The number of rotatable bonds is 33. The molecule has 0 aliphatic rings. The van der Waals surface area contributed by atoms with Gasteiger partial charge in [-0.2, -0.15) is 0 Å². The van der Waals surface area contributed by atoms with E-state index in [-0.39, 0.29) is 0 Å². The summed E-state index contributed by atoms with van der Waals surface area (Å²) in [5.74, 6) is 1.03. The van der Waals surface area contributed by atoms with Gasteiger partial charge in [0.25, 0.3) is 0 Å². The van der Waals surface area contributed by atoms with Crippen LogP contribution in [0.25, 0.3) is 0 Å². The second-order valence-corrected chi connectivity index (χ2v) is 12.8. The van der Waals surface area contributed by atoms with Crippen LogP contribution in [0.2, 0.25) is 0 Å². The Labute approximate surface area is 238 Å². The molecule has 1 unspecified atom stereocenters. The molecule has 0 fully saturated rings. The van der Waals surface area contributed by atoms with E-state index in [4.69, 9.17) is 0 Å². The van der Waals surface area contributed by atoms with Crippen molar-refractivity contribution < 1.29 is 0 Å². The average Bonchev–Trinajstić information content (AvgIpc) is 2.91. The fourth-order valence-electron chi connectivity index (χ4n) is 6.27. The normalized spacial score (nSPS) is 12.4. The van der Waals surface area contributed by atoms with Crippen molar-refractivity contribution in [1.82, 2.24) is 0 Å². The molecule has 0 saturated heterocycles. The Balaban J connectivity index is 3.36. The highest BCUT2D eigenvalue weighted by molar-refractivity contribution is 4.61. The van der Waals surface area contributed by atoms with Crippen LogP contribution in [0.4, 0.5) is 0 Å². The van der Waals surface area contributed by atoms with Crippen molar-refractivity contribution in [1.29, 1.82) is 0 Å². The molecule has 0 aromatic heterocycles. The zero-order chi connectivity index (χ0) is 26.9. The molecule has 0 aromatic rings. The van der Waals surface area contributed by atoms with E-state index in [1.807, 2.05) is 0 Å². The third-order valence-corrected chi connectivity index (χ3v) is 8.88. The van der Waals surface area contributed by atoms with Gasteiger partial charge in [-0.1, -0.05) is 233 Å². The fourth-order valence-corrected chi connectivity index (χ4v) is 6.27. The number of unbranched alkanes of at least 4 members (excludes halogenated alkanes) is 27. The minimum absolute atomic E-state index is 1.03. The first-order valence-electron chi connectivity index (χ1n) is 18.3. The summed E-state index contributed by atoms with van der Waals surface area (Å²) in [6.07, 6.45) is 48.8. The third kappa shape index (κ3) is 32.1. The standard InChI is InChI=1S/C37H76/c1-4-7-9-11-13-15-17-19-21-23-25-27-29-31-33-36-37(34-6-3)35-32-30-28-26-24-22-20-18-16-14-12-10-8-5-2/h37H,4-36H2,1-3H3. The predicted octanol–water partition coefficient (Wildman–Crippen LogP) is 14.5. The van der Waals surface area contributed by atoms with Crippen molar-refractivity contribution in [2.24, 2.45) is 5.92 Å². The first-order chi connectivity index (χ1) is 18.3. The molecule has 0 heteroatoms. The molecule has 0 aliphatic heterocycles. The number of hydrogen-bond acceptors (Lipinski definition) is 0. The topological polar surface area (TPSA) is 0 Å². The molecule has 0 nitrogen and oxygen atoms in total. The molecule has 37 heavy (non-hydrogen) atoms. The molecule has 0 amide bonds. The third-order valence-electron chi connectivity index (χ3n) is 8.88. The van der Waals surface area contributed by atoms with E-state index in [1.165, 1.54) is 212 Å². The van der Waals surface area contributed by atoms with Crippen LogP contribution in [0.5, 0.6) is 0 Å². The number of hydrogen-bond donors (Lipinski definition) is 0. The van der Waals surface area contributed by atoms with Crippen LogP contribution in [0.1, 0.15) is 233 Å². The quantitative estimate of drug-likeness (QED) is 0.0754. The largest absolute Gasteiger partial charge is 0.0654 e. The first-order valence-corrected chi connectivity index (χ1v) is 18.3. The molecule has 0 radical (unpaired) electrons. The lowest BCUT2D eigenvalue weighted by molar-refractivity contribution is 0.376. The molecule has 0 bridgehead atoms. The minimum Gasteiger partial charge on any atom is -0.0654 e. The van der Waals surface area contributed by atoms with Crippen LogP contribution in [-0.2, 0) is 0 Å². The van der Waals surface area contributed by atoms with Gasteiger partial charge >= 0.3 is 0 Å². The van der Waals surface area contributed by atoms with Crippen LogP contribution < -0.4 is 0 Å². The summed E-state index contributed by atoms with van der Waals surface area (Å²) in [5, 5.41) is 0. The minimum atomic E-state index is 1.03. The van der Waals surface area contributed by atoms with Crippen LogP contribution in [-0.4, -0.2) is 0 Å². The second kappa shape index (κ2) is 34.0. The Kier molecular flexibility index (Phi) is 34.0. The molecule has 0 rings (SSSR count). The SMILES string of the molecule is CCCCCCCCCCCCCCCCCC(CCC)CCCCCCCCCCCCCCCC. The predicted molar refractivity (Wildman–Crippen MR) is 173 cm³/mol. The van der Waals surface area contributed by atoms with Gasteiger partial charge in [-0.25, -0.2) is 0 Å². The van der Waals surface area contributed by atoms with Gasteiger partial charge in [-0.15, -0.1) is 0 Å². The highest BCUT2D eigenvalue weighted by Crippen LogP contribution is 2.23. The molecule has 0 N–H and O–H groups in total. The molecular weight excluding hydrogens is 444 g/mol. The molecule has 0 saturated carbocycles. The molecule has 0 aromatic carbocycles. The fraction of sp³-hybridized carbons (Fsp3) is 1.00. The van der Waals surface area contributed by atoms with Crippen molar-refractivity contribution in [3.63, 3.8) is 0 Å². The van der Waals surface area contributed by atoms with Gasteiger partial charge in [0.15, 0.2) is 0 Å². The van der Waals surface area contributed by atoms with Gasteiger partial charge in [-0.3, -0.25) is 0 Å². The van der Waals surface area contributed by atoms with E-state index < -0.39 is 0 Å². The van der Waals surface area contributed by atoms with Crippen molar-refractivity contribution in [3.8, 4) is 0 Å². The zero-order valence-corrected chi connectivity index (χ0v) is 26.9. The summed E-state index contributed by atoms with van der Waals surface area (Å²) in [6, 6.07) is 0. The van der Waals surface area contributed by atoms with Gasteiger partial charge < -0.3 is 0 Å². The highest BCUT2D eigenvalue weighted by atomic mass is 14.1. The van der Waals surface area contributed by atoms with Gasteiger partial charge in [0.05, 0.1) is 0 Å². The summed E-state index contributed by atoms with van der Waals surface area (Å²) in [5.41, 5.74) is 0. The molecule has 0 aliphatic carbocycles. The van der Waals surface area contributed by atoms with E-state index >= 15 is 0 Å². The lowest BCUT2D eigenvalue weighted by Crippen LogP contribution is -2.00. The van der Waals surface area contributed by atoms with Gasteiger partial charge in [0.1, 0.15) is 0 Å². The van der Waals surface area contributed by atoms with E-state index in [0.29, 0.717) is 0 Å². The maximum Gasteiger partial charge on any atom is -0.0414 e. The summed E-state index contributed by atoms with van der Waals surface area (Å²) in [7, 11) is 0. The van der Waals surface area contributed by atoms with E-state index in [2.05, 4.69) is 20.8 Å². The van der Waals surface area contributed by atoms with Gasteiger partial charge in [0, 0.05) is 0 Å². The Hall–Kier alpha value is 0. The maximum atomic E-state index is 2.39. The van der Waals surface area contributed by atoms with E-state index in [1.54, 1.807) is 0 Å². The maximum absolute atomic E-state index is 2.39. The smallest absolute Gasteiger partial charge is 0.0414 e. The van der Waals surface area contributed by atoms with Gasteiger partial charge in [0.2, 0.25) is 0 Å². The summed E-state index contributed by atoms with van der Waals surface area (Å²) in [6.45, 7) is 7.02. The van der Waals surface area contributed by atoms with Crippen LogP contribution >= 0.6 is 0 Å². The lowest BCUT2D eigenvalue weighted by Gasteiger charge is -2.16. The summed E-state index contributed by atoms with van der Waals surface area (Å²) < 4.78 is 0. The van der Waals surface area contributed by atoms with Crippen molar-refractivity contribution in [2.75, 3.05) is 0 Å². The highest BCUT2D eigenvalue weighted by Gasteiger charge is 2.07. The summed E-state index contributed by atoms with van der Waals surface area (Å²) in [4.78, 5) is 0. The average molecular weight is 521 g/mol. The molecule has 1 atom stereocenters. The Morgan fingerprint density at radius 1 is 0.216 bits per heavy atom. The zero-order valence-electron chi connectivity index (χ0n) is 26.9. The Morgan fingerprint density at radius 3 is 0.649 bits per heavy atom. The molecule has 0 spiro atoms. The first kappa shape index (κ1) is 37.0. The van der Waals surface area contributed by atoms with Crippen LogP contribution in [0.15, 0.2) is 0 Å². The molecule has 224 valence electrons. The molecular formula is C37H76. The van der Waals surface area contributed by atoms with Crippen molar-refractivity contribution in [3.05, 3.63) is 0 Å². The Bertz CT molecular complexity index is 372.